The molecule has 0 saturated heterocycles. The molecular weight excluding hydrogens is 439 g/mol. The van der Waals surface area contributed by atoms with Crippen molar-refractivity contribution in [1.82, 2.24) is 15.6 Å². The van der Waals surface area contributed by atoms with Gasteiger partial charge in [-0.05, 0) is 47.9 Å². The van der Waals surface area contributed by atoms with Crippen molar-refractivity contribution in [2.45, 2.75) is 24.6 Å². The summed E-state index contributed by atoms with van der Waals surface area (Å²) in [7, 11) is 1.57. The second-order valence-electron chi connectivity index (χ2n) is 7.29. The summed E-state index contributed by atoms with van der Waals surface area (Å²) in [6.07, 6.45) is -2.24. The molecular formula is C24H23ClF3N3O. The predicted molar refractivity (Wildman–Crippen MR) is 118 cm³/mol. The Morgan fingerprint density at radius 3 is 2.19 bits per heavy atom. The first-order valence-electron chi connectivity index (χ1n) is 10.1. The molecule has 0 spiro atoms. The van der Waals surface area contributed by atoms with Crippen molar-refractivity contribution < 1.29 is 18.0 Å². The highest BCUT2D eigenvalue weighted by molar-refractivity contribution is 6.29. The molecule has 0 unspecified atom stereocenters. The summed E-state index contributed by atoms with van der Waals surface area (Å²) in [6.45, 7) is 0.446. The van der Waals surface area contributed by atoms with Gasteiger partial charge in [-0.1, -0.05) is 60.1 Å². The van der Waals surface area contributed by atoms with E-state index in [-0.39, 0.29) is 11.8 Å². The molecule has 3 aromatic rings. The standard InChI is InChI=1S/C24H23ClF3N3O/c1-29-23(32)22(17-5-3-2-4-6-17)30-14-13-20(18-9-12-21(25)31-15-18)16-7-10-19(11-8-16)24(26,27)28/h2-12,15,20,22,30H,13-14H2,1H3,(H,29,32)/t20-,22-/m1/s1. The molecule has 0 aliphatic rings. The van der Waals surface area contributed by atoms with Crippen LogP contribution in [0.1, 0.15) is 40.6 Å². The van der Waals surface area contributed by atoms with Crippen molar-refractivity contribution in [1.29, 1.82) is 0 Å². The average Bonchev–Trinajstić information content (AvgIpc) is 2.80. The number of hydrogen-bond acceptors (Lipinski definition) is 3. The number of hydrogen-bond donors (Lipinski definition) is 2. The maximum absolute atomic E-state index is 13.0. The number of amides is 1. The van der Waals surface area contributed by atoms with E-state index in [0.717, 1.165) is 28.8 Å². The third-order valence-electron chi connectivity index (χ3n) is 5.22. The first-order chi connectivity index (χ1) is 15.3. The summed E-state index contributed by atoms with van der Waals surface area (Å²) in [5, 5.41) is 6.26. The highest BCUT2D eigenvalue weighted by Crippen LogP contribution is 2.33. The minimum Gasteiger partial charge on any atom is -0.358 e. The van der Waals surface area contributed by atoms with E-state index in [1.54, 1.807) is 19.3 Å². The lowest BCUT2D eigenvalue weighted by molar-refractivity contribution is -0.137. The molecule has 0 fully saturated rings. The summed E-state index contributed by atoms with van der Waals surface area (Å²) < 4.78 is 38.9. The van der Waals surface area contributed by atoms with Crippen molar-refractivity contribution >= 4 is 17.5 Å². The topological polar surface area (TPSA) is 54.0 Å². The summed E-state index contributed by atoms with van der Waals surface area (Å²) in [4.78, 5) is 16.5. The van der Waals surface area contributed by atoms with Crippen molar-refractivity contribution in [2.75, 3.05) is 13.6 Å². The molecule has 32 heavy (non-hydrogen) atoms. The Hall–Kier alpha value is -2.90. The molecule has 0 aliphatic carbocycles. The monoisotopic (exact) mass is 461 g/mol. The zero-order chi connectivity index (χ0) is 23.1. The summed E-state index contributed by atoms with van der Waals surface area (Å²) in [5.41, 5.74) is 1.68. The molecule has 1 aromatic heterocycles. The van der Waals surface area contributed by atoms with Crippen LogP contribution in [0.5, 0.6) is 0 Å². The minimum absolute atomic E-state index is 0.171. The number of carbonyl (C=O) groups is 1. The van der Waals surface area contributed by atoms with Crippen molar-refractivity contribution in [2.24, 2.45) is 0 Å². The third-order valence-corrected chi connectivity index (χ3v) is 5.44. The van der Waals surface area contributed by atoms with Gasteiger partial charge in [-0.25, -0.2) is 4.98 Å². The molecule has 1 heterocycles. The van der Waals surface area contributed by atoms with E-state index in [2.05, 4.69) is 15.6 Å². The Morgan fingerprint density at radius 2 is 1.62 bits per heavy atom. The fraction of sp³-hybridized carbons (Fsp3) is 0.250. The Morgan fingerprint density at radius 1 is 0.969 bits per heavy atom. The van der Waals surface area contributed by atoms with Gasteiger partial charge in [0.1, 0.15) is 11.2 Å². The van der Waals surface area contributed by atoms with E-state index in [4.69, 9.17) is 11.6 Å². The first-order valence-corrected chi connectivity index (χ1v) is 10.5. The van der Waals surface area contributed by atoms with Crippen molar-refractivity contribution in [3.63, 3.8) is 0 Å². The number of nitrogens with one attached hydrogen (secondary N) is 2. The fourth-order valence-electron chi connectivity index (χ4n) is 3.55. The van der Waals surface area contributed by atoms with E-state index in [9.17, 15) is 18.0 Å². The van der Waals surface area contributed by atoms with Gasteiger partial charge in [0.2, 0.25) is 5.91 Å². The first kappa shape index (κ1) is 23.8. The second-order valence-corrected chi connectivity index (χ2v) is 7.67. The number of nitrogens with zero attached hydrogens (tertiary/aromatic N) is 1. The van der Waals surface area contributed by atoms with Crippen LogP contribution in [0, 0.1) is 0 Å². The average molecular weight is 462 g/mol. The molecule has 8 heteroatoms. The van der Waals surface area contributed by atoms with Crippen LogP contribution in [-0.4, -0.2) is 24.5 Å². The summed E-state index contributed by atoms with van der Waals surface area (Å²) >= 11 is 5.90. The molecule has 168 valence electrons. The Balaban J connectivity index is 1.81. The van der Waals surface area contributed by atoms with Crippen LogP contribution < -0.4 is 10.6 Å². The number of aromatic nitrogens is 1. The number of alkyl halides is 3. The molecule has 2 atom stereocenters. The number of pyridine rings is 1. The quantitative estimate of drug-likeness (QED) is 0.444. The van der Waals surface area contributed by atoms with Gasteiger partial charge in [0.25, 0.3) is 0 Å². The van der Waals surface area contributed by atoms with Crippen molar-refractivity contribution in [3.8, 4) is 0 Å². The zero-order valence-electron chi connectivity index (χ0n) is 17.4. The molecule has 4 nitrogen and oxygen atoms in total. The molecule has 0 saturated carbocycles. The molecule has 1 amide bonds. The molecule has 0 radical (unpaired) electrons. The number of halogens is 4. The third kappa shape index (κ3) is 6.08. The van der Waals surface area contributed by atoms with Crippen LogP contribution in [0.4, 0.5) is 13.2 Å². The van der Waals surface area contributed by atoms with Gasteiger partial charge in [-0.2, -0.15) is 13.2 Å². The lowest BCUT2D eigenvalue weighted by atomic mass is 9.88. The Labute approximate surface area is 189 Å². The summed E-state index contributed by atoms with van der Waals surface area (Å²) in [6, 6.07) is 17.4. The van der Waals surface area contributed by atoms with E-state index in [0.29, 0.717) is 18.1 Å². The number of carbonyl (C=O) groups excluding carboxylic acids is 1. The second kappa shape index (κ2) is 10.6. The van der Waals surface area contributed by atoms with Crippen LogP contribution >= 0.6 is 11.6 Å². The van der Waals surface area contributed by atoms with Gasteiger partial charge in [0.05, 0.1) is 5.56 Å². The number of rotatable bonds is 8. The van der Waals surface area contributed by atoms with Crippen molar-refractivity contribution in [3.05, 3.63) is 100 Å². The van der Waals surface area contributed by atoms with Crippen LogP contribution in [0.3, 0.4) is 0 Å². The molecule has 3 rings (SSSR count). The van der Waals surface area contributed by atoms with E-state index < -0.39 is 17.8 Å². The predicted octanol–water partition coefficient (Wildman–Crippen LogP) is 5.35. The SMILES string of the molecule is CNC(=O)[C@H](NCC[C@H](c1ccc(C(F)(F)F)cc1)c1ccc(Cl)nc1)c1ccccc1. The van der Waals surface area contributed by atoms with Gasteiger partial charge >= 0.3 is 6.18 Å². The van der Waals surface area contributed by atoms with E-state index >= 15 is 0 Å². The lowest BCUT2D eigenvalue weighted by Crippen LogP contribution is -2.36. The van der Waals surface area contributed by atoms with Crippen LogP contribution in [0.15, 0.2) is 72.9 Å². The molecule has 0 bridgehead atoms. The van der Waals surface area contributed by atoms with E-state index in [1.807, 2.05) is 36.4 Å². The highest BCUT2D eigenvalue weighted by atomic mass is 35.5. The molecule has 2 aromatic carbocycles. The highest BCUT2D eigenvalue weighted by Gasteiger charge is 2.30. The molecule has 2 N–H and O–H groups in total. The zero-order valence-corrected chi connectivity index (χ0v) is 18.1. The van der Waals surface area contributed by atoms with E-state index in [1.165, 1.54) is 12.1 Å². The van der Waals surface area contributed by atoms with Crippen LogP contribution in [0.25, 0.3) is 0 Å². The number of benzene rings is 2. The smallest absolute Gasteiger partial charge is 0.358 e. The Bertz CT molecular complexity index is 1010. The van der Waals surface area contributed by atoms with Gasteiger partial charge < -0.3 is 10.6 Å². The van der Waals surface area contributed by atoms with Gasteiger partial charge in [-0.15, -0.1) is 0 Å². The van der Waals surface area contributed by atoms with Gasteiger partial charge in [0.15, 0.2) is 0 Å². The van der Waals surface area contributed by atoms with Gasteiger partial charge in [-0.3, -0.25) is 4.79 Å². The number of likely N-dealkylation sites (N-methyl/N-ethyl adjacent to an activating group) is 1. The minimum atomic E-state index is -4.40. The lowest BCUT2D eigenvalue weighted by Gasteiger charge is -2.22. The van der Waals surface area contributed by atoms with Crippen LogP contribution in [-0.2, 0) is 11.0 Å². The van der Waals surface area contributed by atoms with Crippen LogP contribution in [0.2, 0.25) is 5.15 Å². The van der Waals surface area contributed by atoms with Gasteiger partial charge in [0, 0.05) is 19.2 Å². The Kier molecular flexibility index (Phi) is 7.88. The normalized spacial score (nSPS) is 13.4. The largest absolute Gasteiger partial charge is 0.416 e. The maximum atomic E-state index is 13.0. The summed E-state index contributed by atoms with van der Waals surface area (Å²) in [5.74, 6) is -0.397. The maximum Gasteiger partial charge on any atom is 0.416 e. The molecule has 0 aliphatic heterocycles. The fourth-order valence-corrected chi connectivity index (χ4v) is 3.66.